The first kappa shape index (κ1) is 30.9. The largest absolute Gasteiger partial charge is 0.462 e. The maximum absolute atomic E-state index is 12.4. The fourth-order valence-electron chi connectivity index (χ4n) is 4.09. The Morgan fingerprint density at radius 1 is 0.686 bits per heavy atom. The van der Waals surface area contributed by atoms with Crippen molar-refractivity contribution in [2.24, 2.45) is 0 Å². The number of unbranched alkanes of at least 4 members (excludes halogenated alkanes) is 10. The number of hydrogen-bond acceptors (Lipinski definition) is 4. The highest BCUT2D eigenvalue weighted by atomic mass is 16.5. The van der Waals surface area contributed by atoms with Crippen molar-refractivity contribution in [2.45, 2.75) is 124 Å². The second-order valence-corrected chi connectivity index (χ2v) is 9.65. The molecule has 0 bridgehead atoms. The third-order valence-corrected chi connectivity index (χ3v) is 6.35. The molecule has 1 aromatic rings. The Morgan fingerprint density at radius 3 is 1.51 bits per heavy atom. The molecule has 1 aliphatic carbocycles. The number of carbonyl (C=O) groups is 2. The van der Waals surface area contributed by atoms with E-state index in [-0.39, 0.29) is 0 Å². The highest BCUT2D eigenvalue weighted by Gasteiger charge is 2.18. The van der Waals surface area contributed by atoms with Crippen molar-refractivity contribution in [2.75, 3.05) is 13.2 Å². The molecule has 35 heavy (non-hydrogen) atoms. The molecule has 1 aromatic carbocycles. The Labute approximate surface area is 214 Å². The lowest BCUT2D eigenvalue weighted by atomic mass is 10.0. The van der Waals surface area contributed by atoms with Gasteiger partial charge >= 0.3 is 11.9 Å². The number of hydrogen-bond donors (Lipinski definition) is 0. The van der Waals surface area contributed by atoms with Gasteiger partial charge in [0.1, 0.15) is 0 Å². The predicted molar refractivity (Wildman–Crippen MR) is 146 cm³/mol. The Bertz CT molecular complexity index is 673. The molecule has 0 amide bonds. The molecule has 4 nitrogen and oxygen atoms in total. The van der Waals surface area contributed by atoms with Crippen LogP contribution in [0.15, 0.2) is 35.9 Å². The minimum Gasteiger partial charge on any atom is -0.462 e. The zero-order valence-corrected chi connectivity index (χ0v) is 22.7. The summed E-state index contributed by atoms with van der Waals surface area (Å²) >= 11 is 0. The van der Waals surface area contributed by atoms with Gasteiger partial charge in [0, 0.05) is 0 Å². The molecule has 0 N–H and O–H groups in total. The lowest BCUT2D eigenvalue weighted by molar-refractivity contribution is 0.0450. The summed E-state index contributed by atoms with van der Waals surface area (Å²) in [6.45, 7) is 7.40. The van der Waals surface area contributed by atoms with Crippen LogP contribution >= 0.6 is 0 Å². The second-order valence-electron chi connectivity index (χ2n) is 9.65. The van der Waals surface area contributed by atoms with Gasteiger partial charge in [0.05, 0.1) is 24.3 Å². The van der Waals surface area contributed by atoms with E-state index in [1.807, 2.05) is 0 Å². The quantitative estimate of drug-likeness (QED) is 0.133. The van der Waals surface area contributed by atoms with Crippen LogP contribution in [0.2, 0.25) is 0 Å². The monoisotopic (exact) mass is 486 g/mol. The molecule has 0 unspecified atom stereocenters. The topological polar surface area (TPSA) is 52.6 Å². The molecule has 0 saturated heterocycles. The lowest BCUT2D eigenvalue weighted by Gasteiger charge is -2.10. The van der Waals surface area contributed by atoms with Gasteiger partial charge in [-0.25, -0.2) is 9.59 Å². The van der Waals surface area contributed by atoms with Crippen LogP contribution in [0.4, 0.5) is 0 Å². The molecule has 0 aliphatic heterocycles. The minimum atomic E-state index is -0.444. The van der Waals surface area contributed by atoms with Crippen LogP contribution in [0.3, 0.4) is 0 Å². The van der Waals surface area contributed by atoms with Crippen LogP contribution in [-0.2, 0) is 9.47 Å². The summed E-state index contributed by atoms with van der Waals surface area (Å²) in [5.74, 6) is -0.888. The van der Waals surface area contributed by atoms with E-state index in [4.69, 9.17) is 9.47 Å². The van der Waals surface area contributed by atoms with Crippen LogP contribution in [0, 0.1) is 0 Å². The van der Waals surface area contributed by atoms with E-state index in [2.05, 4.69) is 26.8 Å². The van der Waals surface area contributed by atoms with Crippen molar-refractivity contribution in [3.63, 3.8) is 0 Å². The van der Waals surface area contributed by atoms with Crippen molar-refractivity contribution >= 4 is 11.9 Å². The fourth-order valence-corrected chi connectivity index (χ4v) is 4.09. The number of esters is 2. The number of rotatable bonds is 16. The summed E-state index contributed by atoms with van der Waals surface area (Å²) in [7, 11) is 0. The SMILES string of the molecule is CC1=CCCCC1.CCCCCCCCOC(=O)c1ccccc1C(=O)OCCCCCCCC. The van der Waals surface area contributed by atoms with Crippen LogP contribution < -0.4 is 0 Å². The maximum Gasteiger partial charge on any atom is 0.339 e. The molecule has 0 heterocycles. The molecule has 1 aliphatic rings. The number of allylic oxidation sites excluding steroid dienone is 2. The maximum atomic E-state index is 12.4. The van der Waals surface area contributed by atoms with Crippen molar-refractivity contribution in [3.8, 4) is 0 Å². The molecule has 4 heteroatoms. The highest BCUT2D eigenvalue weighted by Crippen LogP contribution is 2.16. The van der Waals surface area contributed by atoms with E-state index < -0.39 is 11.9 Å². The van der Waals surface area contributed by atoms with Gasteiger partial charge in [-0.1, -0.05) is 102 Å². The second kappa shape index (κ2) is 21.2. The van der Waals surface area contributed by atoms with Crippen LogP contribution in [0.1, 0.15) is 144 Å². The van der Waals surface area contributed by atoms with Gasteiger partial charge in [0.2, 0.25) is 0 Å². The number of carbonyl (C=O) groups excluding carboxylic acids is 2. The average molecular weight is 487 g/mol. The molecular weight excluding hydrogens is 436 g/mol. The van der Waals surface area contributed by atoms with Crippen molar-refractivity contribution in [1.29, 1.82) is 0 Å². The van der Waals surface area contributed by atoms with E-state index in [0.29, 0.717) is 24.3 Å². The predicted octanol–water partition coefficient (Wildman–Crippen LogP) is 9.23. The molecule has 0 radical (unpaired) electrons. The van der Waals surface area contributed by atoms with Crippen LogP contribution in [0.25, 0.3) is 0 Å². The number of ether oxygens (including phenoxy) is 2. The Kier molecular flexibility index (Phi) is 18.7. The van der Waals surface area contributed by atoms with Crippen molar-refractivity contribution in [3.05, 3.63) is 47.0 Å². The van der Waals surface area contributed by atoms with Gasteiger partial charge in [-0.05, 0) is 57.6 Å². The van der Waals surface area contributed by atoms with Crippen LogP contribution in [0.5, 0.6) is 0 Å². The molecular formula is C31H50O4. The molecule has 0 saturated carbocycles. The van der Waals surface area contributed by atoms with Gasteiger partial charge in [0.25, 0.3) is 0 Å². The first-order valence-corrected chi connectivity index (χ1v) is 14.2. The van der Waals surface area contributed by atoms with E-state index in [1.165, 1.54) is 77.0 Å². The molecule has 2 rings (SSSR count). The summed E-state index contributed by atoms with van der Waals surface area (Å²) in [4.78, 5) is 24.7. The molecule has 198 valence electrons. The van der Waals surface area contributed by atoms with Gasteiger partial charge in [0.15, 0.2) is 0 Å². The normalized spacial score (nSPS) is 12.8. The third-order valence-electron chi connectivity index (χ3n) is 6.35. The molecule has 0 atom stereocenters. The highest BCUT2D eigenvalue weighted by molar-refractivity contribution is 6.03. The smallest absolute Gasteiger partial charge is 0.339 e. The lowest BCUT2D eigenvalue weighted by Crippen LogP contribution is -2.15. The Hall–Kier alpha value is -2.10. The zero-order valence-electron chi connectivity index (χ0n) is 22.7. The molecule has 0 aromatic heterocycles. The summed E-state index contributed by atoms with van der Waals surface area (Å²) in [5.41, 5.74) is 2.18. The van der Waals surface area contributed by atoms with E-state index in [0.717, 1.165) is 25.7 Å². The fraction of sp³-hybridized carbons (Fsp3) is 0.677. The summed E-state index contributed by atoms with van der Waals surface area (Å²) < 4.78 is 10.7. The average Bonchev–Trinajstić information content (AvgIpc) is 2.88. The summed E-state index contributed by atoms with van der Waals surface area (Å²) in [5, 5.41) is 0. The van der Waals surface area contributed by atoms with Gasteiger partial charge in [-0.3, -0.25) is 0 Å². The van der Waals surface area contributed by atoms with E-state index in [1.54, 1.807) is 29.8 Å². The summed E-state index contributed by atoms with van der Waals surface area (Å²) in [6, 6.07) is 6.74. The van der Waals surface area contributed by atoms with Crippen LogP contribution in [-0.4, -0.2) is 25.2 Å². The standard InChI is InChI=1S/C24H38O4.C7H12/c1-3-5-7-9-11-15-19-27-23(25)21-17-13-14-18-22(21)24(26)28-20-16-12-10-8-6-4-2;1-7-5-3-2-4-6-7/h13-14,17-18H,3-12,15-16,19-20H2,1-2H3;5H,2-4,6H2,1H3. The first-order chi connectivity index (χ1) is 17.1. The zero-order chi connectivity index (χ0) is 25.6. The third kappa shape index (κ3) is 15.5. The van der Waals surface area contributed by atoms with Crippen molar-refractivity contribution in [1.82, 2.24) is 0 Å². The molecule has 0 spiro atoms. The summed E-state index contributed by atoms with van der Waals surface area (Å²) in [6.07, 6.45) is 21.5. The minimum absolute atomic E-state index is 0.293. The van der Waals surface area contributed by atoms with Gasteiger partial charge < -0.3 is 9.47 Å². The van der Waals surface area contributed by atoms with Crippen molar-refractivity contribution < 1.29 is 19.1 Å². The Morgan fingerprint density at radius 2 is 1.14 bits per heavy atom. The van der Waals surface area contributed by atoms with Gasteiger partial charge in [-0.2, -0.15) is 0 Å². The first-order valence-electron chi connectivity index (χ1n) is 14.2. The van der Waals surface area contributed by atoms with E-state index in [9.17, 15) is 9.59 Å². The molecule has 0 fully saturated rings. The van der Waals surface area contributed by atoms with Gasteiger partial charge in [-0.15, -0.1) is 0 Å². The van der Waals surface area contributed by atoms with E-state index >= 15 is 0 Å². The number of benzene rings is 1. The Balaban J connectivity index is 0.000000744.